The molecule has 1 aliphatic heterocycles. The molecule has 2 N–H and O–H groups in total. The van der Waals surface area contributed by atoms with Gasteiger partial charge in [0.25, 0.3) is 0 Å². The van der Waals surface area contributed by atoms with Crippen LogP contribution in [0.5, 0.6) is 0 Å². The number of nitrogens with zero attached hydrogens (tertiary/aromatic N) is 3. The zero-order chi connectivity index (χ0) is 19.2. The molecule has 1 aromatic heterocycles. The Morgan fingerprint density at radius 2 is 2.04 bits per heavy atom. The number of anilines is 2. The number of amides is 2. The maximum Gasteiger partial charge on any atom is 0.321 e. The van der Waals surface area contributed by atoms with Crippen molar-refractivity contribution in [1.82, 2.24) is 15.2 Å². The number of benzene rings is 1. The molecule has 3 rings (SSSR count). The molecule has 1 fully saturated rings. The molecule has 0 bridgehead atoms. The minimum absolute atomic E-state index is 0.126. The Kier molecular flexibility index (Phi) is 6.68. The second kappa shape index (κ2) is 9.19. The Morgan fingerprint density at radius 3 is 2.70 bits per heavy atom. The predicted molar refractivity (Wildman–Crippen MR) is 113 cm³/mol. The van der Waals surface area contributed by atoms with E-state index in [9.17, 15) is 4.79 Å². The highest BCUT2D eigenvalue weighted by atomic mass is 32.1. The first-order valence-electron chi connectivity index (χ1n) is 9.53. The predicted octanol–water partition coefficient (Wildman–Crippen LogP) is 3.48. The quantitative estimate of drug-likeness (QED) is 0.797. The van der Waals surface area contributed by atoms with Gasteiger partial charge in [-0.3, -0.25) is 10.2 Å². The van der Waals surface area contributed by atoms with Crippen LogP contribution < -0.4 is 15.5 Å². The Labute approximate surface area is 165 Å². The number of nitrogens with one attached hydrogen (secondary N) is 2. The molecule has 0 radical (unpaired) electrons. The van der Waals surface area contributed by atoms with E-state index in [0.29, 0.717) is 5.13 Å². The van der Waals surface area contributed by atoms with Gasteiger partial charge in [-0.05, 0) is 44.9 Å². The van der Waals surface area contributed by atoms with E-state index in [1.54, 1.807) is 0 Å². The van der Waals surface area contributed by atoms with E-state index in [0.717, 1.165) is 44.8 Å². The van der Waals surface area contributed by atoms with Crippen molar-refractivity contribution in [2.24, 2.45) is 0 Å². The van der Waals surface area contributed by atoms with Crippen LogP contribution in [0, 0.1) is 13.8 Å². The lowest BCUT2D eigenvalue weighted by Gasteiger charge is -2.36. The van der Waals surface area contributed by atoms with Gasteiger partial charge in [0.15, 0.2) is 5.13 Å². The summed E-state index contributed by atoms with van der Waals surface area (Å²) in [5.74, 6) is 0. The lowest BCUT2D eigenvalue weighted by atomic mass is 10.1. The summed E-state index contributed by atoms with van der Waals surface area (Å²) < 4.78 is 0. The first kappa shape index (κ1) is 19.6. The first-order chi connectivity index (χ1) is 13.0. The van der Waals surface area contributed by atoms with Crippen LogP contribution in [0.3, 0.4) is 0 Å². The third-order valence-electron chi connectivity index (χ3n) is 4.83. The summed E-state index contributed by atoms with van der Waals surface area (Å²) in [6.45, 7) is 11.3. The average molecular weight is 388 g/mol. The number of urea groups is 1. The van der Waals surface area contributed by atoms with E-state index in [1.807, 2.05) is 12.3 Å². The fourth-order valence-corrected chi connectivity index (χ4v) is 3.95. The fourth-order valence-electron chi connectivity index (χ4n) is 3.27. The number of carbonyl (C=O) groups is 1. The molecule has 27 heavy (non-hydrogen) atoms. The van der Waals surface area contributed by atoms with Crippen LogP contribution in [-0.2, 0) is 0 Å². The van der Waals surface area contributed by atoms with Gasteiger partial charge in [0.05, 0.1) is 5.69 Å². The van der Waals surface area contributed by atoms with Crippen molar-refractivity contribution in [2.75, 3.05) is 42.9 Å². The van der Waals surface area contributed by atoms with Gasteiger partial charge >= 0.3 is 6.03 Å². The molecule has 1 aromatic carbocycles. The van der Waals surface area contributed by atoms with Gasteiger partial charge in [0, 0.05) is 49.8 Å². The number of hydrogen-bond acceptors (Lipinski definition) is 5. The van der Waals surface area contributed by atoms with E-state index in [1.165, 1.54) is 22.6 Å². The number of aromatic nitrogens is 1. The van der Waals surface area contributed by atoms with Crippen molar-refractivity contribution in [3.63, 3.8) is 0 Å². The summed E-state index contributed by atoms with van der Waals surface area (Å²) in [5, 5.41) is 8.36. The molecule has 146 valence electrons. The van der Waals surface area contributed by atoms with Gasteiger partial charge < -0.3 is 10.2 Å². The highest BCUT2D eigenvalue weighted by molar-refractivity contribution is 7.13. The summed E-state index contributed by atoms with van der Waals surface area (Å²) in [5.41, 5.74) is 3.55. The van der Waals surface area contributed by atoms with Crippen molar-refractivity contribution in [2.45, 2.75) is 33.2 Å². The van der Waals surface area contributed by atoms with Crippen LogP contribution >= 0.6 is 11.3 Å². The number of carbonyl (C=O) groups excluding carboxylic acids is 1. The maximum absolute atomic E-state index is 12.0. The second-order valence-electron chi connectivity index (χ2n) is 7.25. The fraction of sp³-hybridized carbons (Fsp3) is 0.500. The van der Waals surface area contributed by atoms with Crippen molar-refractivity contribution >= 4 is 28.2 Å². The van der Waals surface area contributed by atoms with E-state index < -0.39 is 0 Å². The van der Waals surface area contributed by atoms with Gasteiger partial charge in [0.2, 0.25) is 0 Å². The Balaban J connectivity index is 1.36. The highest BCUT2D eigenvalue weighted by Gasteiger charge is 2.18. The van der Waals surface area contributed by atoms with Gasteiger partial charge in [-0.25, -0.2) is 9.78 Å². The summed E-state index contributed by atoms with van der Waals surface area (Å²) in [6.07, 6.45) is 0.939. The van der Waals surface area contributed by atoms with E-state index >= 15 is 0 Å². The van der Waals surface area contributed by atoms with E-state index in [2.05, 4.69) is 63.5 Å². The zero-order valence-electron chi connectivity index (χ0n) is 16.4. The molecule has 6 nitrogen and oxygen atoms in total. The zero-order valence-corrected chi connectivity index (χ0v) is 17.2. The van der Waals surface area contributed by atoms with E-state index in [-0.39, 0.29) is 12.1 Å². The van der Waals surface area contributed by atoms with Gasteiger partial charge in [-0.2, -0.15) is 0 Å². The van der Waals surface area contributed by atoms with Crippen LogP contribution in [0.25, 0.3) is 0 Å². The Bertz CT molecular complexity index is 754. The minimum Gasteiger partial charge on any atom is -0.369 e. The van der Waals surface area contributed by atoms with Crippen LogP contribution in [-0.4, -0.2) is 54.7 Å². The Morgan fingerprint density at radius 1 is 1.26 bits per heavy atom. The number of hydrogen-bond donors (Lipinski definition) is 2. The maximum atomic E-state index is 12.0. The minimum atomic E-state index is -0.180. The van der Waals surface area contributed by atoms with Crippen molar-refractivity contribution in [3.8, 4) is 0 Å². The molecule has 1 saturated heterocycles. The molecule has 2 amide bonds. The largest absolute Gasteiger partial charge is 0.369 e. The number of rotatable bonds is 6. The van der Waals surface area contributed by atoms with Crippen LogP contribution in [0.2, 0.25) is 0 Å². The molecular formula is C20H29N5OS. The molecular weight excluding hydrogens is 358 g/mol. The molecule has 7 heteroatoms. The third-order valence-corrected chi connectivity index (χ3v) is 5.71. The number of aryl methyl sites for hydroxylation is 2. The topological polar surface area (TPSA) is 60.5 Å². The standard InChI is InChI=1S/C20H29N5OS/c1-15-5-4-6-18(13-15)25-11-9-24(10-12-25)8-7-16(2)21-19(26)23-20-22-17(3)14-27-20/h4-6,13-14,16H,7-12H2,1-3H3,(H2,21,22,23,26). The van der Waals surface area contributed by atoms with E-state index in [4.69, 9.17) is 0 Å². The summed E-state index contributed by atoms with van der Waals surface area (Å²) in [4.78, 5) is 21.2. The van der Waals surface area contributed by atoms with Gasteiger partial charge in [0.1, 0.15) is 0 Å². The first-order valence-corrected chi connectivity index (χ1v) is 10.4. The highest BCUT2D eigenvalue weighted by Crippen LogP contribution is 2.18. The molecule has 1 aliphatic rings. The lowest BCUT2D eigenvalue weighted by molar-refractivity contribution is 0.235. The number of piperazine rings is 1. The molecule has 1 unspecified atom stereocenters. The van der Waals surface area contributed by atoms with Crippen molar-refractivity contribution in [3.05, 3.63) is 40.9 Å². The van der Waals surface area contributed by atoms with Gasteiger partial charge in [-0.1, -0.05) is 12.1 Å². The lowest BCUT2D eigenvalue weighted by Crippen LogP contribution is -2.47. The smallest absolute Gasteiger partial charge is 0.321 e. The van der Waals surface area contributed by atoms with Crippen LogP contribution in [0.15, 0.2) is 29.6 Å². The normalized spacial score (nSPS) is 16.2. The third kappa shape index (κ3) is 5.94. The summed E-state index contributed by atoms with van der Waals surface area (Å²) in [7, 11) is 0. The second-order valence-corrected chi connectivity index (χ2v) is 8.11. The monoisotopic (exact) mass is 387 g/mol. The molecule has 1 atom stereocenters. The van der Waals surface area contributed by atoms with Crippen LogP contribution in [0.1, 0.15) is 24.6 Å². The molecule has 0 saturated carbocycles. The molecule has 2 heterocycles. The summed E-state index contributed by atoms with van der Waals surface area (Å²) in [6, 6.07) is 8.66. The number of thiazole rings is 1. The molecule has 2 aromatic rings. The van der Waals surface area contributed by atoms with Crippen molar-refractivity contribution < 1.29 is 4.79 Å². The van der Waals surface area contributed by atoms with Gasteiger partial charge in [-0.15, -0.1) is 11.3 Å². The SMILES string of the molecule is Cc1cccc(N2CCN(CCC(C)NC(=O)Nc3nc(C)cs3)CC2)c1. The van der Waals surface area contributed by atoms with Crippen LogP contribution in [0.4, 0.5) is 15.6 Å². The average Bonchev–Trinajstić information content (AvgIpc) is 3.05. The molecule has 0 aliphatic carbocycles. The summed E-state index contributed by atoms with van der Waals surface area (Å²) >= 11 is 1.44. The molecule has 0 spiro atoms. The van der Waals surface area contributed by atoms with Crippen molar-refractivity contribution in [1.29, 1.82) is 0 Å². The Hall–Kier alpha value is -2.12.